The fourth-order valence-electron chi connectivity index (χ4n) is 2.69. The Hall–Kier alpha value is -0.170. The van der Waals surface area contributed by atoms with Crippen molar-refractivity contribution in [2.24, 2.45) is 11.7 Å². The number of nitrogens with two attached hydrogens (primary N) is 1. The van der Waals surface area contributed by atoms with Gasteiger partial charge in [-0.2, -0.15) is 17.9 Å². The first kappa shape index (κ1) is 15.9. The van der Waals surface area contributed by atoms with E-state index in [-0.39, 0.29) is 0 Å². The minimum atomic E-state index is -3.51. The summed E-state index contributed by atoms with van der Waals surface area (Å²) in [5.41, 5.74) is 4.86. The third-order valence-corrected chi connectivity index (χ3v) is 4.86. The van der Waals surface area contributed by atoms with Gasteiger partial charge in [-0.15, -0.1) is 0 Å². The normalized spacial score (nSPS) is 30.4. The number of nitrogens with one attached hydrogen (secondary N) is 2. The molecule has 5 nitrogen and oxygen atoms in total. The maximum atomic E-state index is 12.1. The van der Waals surface area contributed by atoms with Crippen molar-refractivity contribution in [3.63, 3.8) is 0 Å². The number of hydrogen-bond acceptors (Lipinski definition) is 3. The quantitative estimate of drug-likeness (QED) is 0.720. The molecule has 2 unspecified atom stereocenters. The highest BCUT2D eigenvalue weighted by Crippen LogP contribution is 2.32. The van der Waals surface area contributed by atoms with E-state index >= 15 is 0 Å². The molecule has 1 fully saturated rings. The summed E-state index contributed by atoms with van der Waals surface area (Å²) in [6, 6.07) is 0. The monoisotopic (exact) mass is 277 g/mol. The molecule has 0 aliphatic heterocycles. The van der Waals surface area contributed by atoms with Crippen molar-refractivity contribution in [1.82, 2.24) is 9.44 Å². The highest BCUT2D eigenvalue weighted by atomic mass is 32.2. The summed E-state index contributed by atoms with van der Waals surface area (Å²) < 4.78 is 29.6. The molecule has 1 aliphatic rings. The fourth-order valence-corrected chi connectivity index (χ4v) is 4.39. The van der Waals surface area contributed by atoms with E-state index < -0.39 is 21.3 Å². The van der Waals surface area contributed by atoms with Gasteiger partial charge in [0.25, 0.3) is 10.2 Å². The van der Waals surface area contributed by atoms with E-state index in [4.69, 9.17) is 5.73 Å². The lowest BCUT2D eigenvalue weighted by Crippen LogP contribution is -2.60. The molecule has 1 aliphatic carbocycles. The summed E-state index contributed by atoms with van der Waals surface area (Å²) in [5.74, 6) is 0.514. The van der Waals surface area contributed by atoms with Crippen LogP contribution >= 0.6 is 0 Å². The SMILES string of the molecule is CC1CCCC(CN)(NS(=O)(=O)NC(C)(C)C)C1. The summed E-state index contributed by atoms with van der Waals surface area (Å²) in [4.78, 5) is 0. The molecule has 6 heteroatoms. The van der Waals surface area contributed by atoms with Crippen LogP contribution in [0.4, 0.5) is 0 Å². The Morgan fingerprint density at radius 1 is 1.39 bits per heavy atom. The van der Waals surface area contributed by atoms with Crippen LogP contribution in [0.3, 0.4) is 0 Å². The van der Waals surface area contributed by atoms with Gasteiger partial charge in [0, 0.05) is 17.6 Å². The molecule has 0 spiro atoms. The molecule has 1 saturated carbocycles. The molecule has 0 aromatic rings. The summed E-state index contributed by atoms with van der Waals surface area (Å²) >= 11 is 0. The van der Waals surface area contributed by atoms with Gasteiger partial charge in [0.1, 0.15) is 0 Å². The lowest BCUT2D eigenvalue weighted by Gasteiger charge is -2.40. The van der Waals surface area contributed by atoms with Crippen molar-refractivity contribution in [1.29, 1.82) is 0 Å². The van der Waals surface area contributed by atoms with Gasteiger partial charge in [0.2, 0.25) is 0 Å². The highest BCUT2D eigenvalue weighted by molar-refractivity contribution is 7.87. The van der Waals surface area contributed by atoms with Crippen molar-refractivity contribution in [2.45, 2.75) is 64.5 Å². The summed E-state index contributed by atoms with van der Waals surface area (Å²) in [5, 5.41) is 0. The van der Waals surface area contributed by atoms with E-state index in [1.54, 1.807) is 0 Å². The van der Waals surface area contributed by atoms with Gasteiger partial charge >= 0.3 is 0 Å². The first-order valence-electron chi connectivity index (χ1n) is 6.60. The van der Waals surface area contributed by atoms with Crippen molar-refractivity contribution < 1.29 is 8.42 Å². The van der Waals surface area contributed by atoms with Crippen molar-refractivity contribution >= 4 is 10.2 Å². The smallest absolute Gasteiger partial charge is 0.277 e. The predicted octanol–water partition coefficient (Wildman–Crippen LogP) is 1.12. The van der Waals surface area contributed by atoms with Crippen LogP contribution in [0.2, 0.25) is 0 Å². The van der Waals surface area contributed by atoms with Gasteiger partial charge in [-0.05, 0) is 39.5 Å². The molecule has 0 heterocycles. The average molecular weight is 277 g/mol. The Morgan fingerprint density at radius 3 is 2.44 bits per heavy atom. The molecule has 0 aromatic carbocycles. The Labute approximate surface area is 111 Å². The Bertz CT molecular complexity index is 375. The maximum absolute atomic E-state index is 12.1. The van der Waals surface area contributed by atoms with Crippen LogP contribution in [-0.4, -0.2) is 26.0 Å². The molecule has 0 saturated heterocycles. The first-order valence-corrected chi connectivity index (χ1v) is 8.09. The Kier molecular flexibility index (Phi) is 4.81. The lowest BCUT2D eigenvalue weighted by atomic mass is 9.77. The van der Waals surface area contributed by atoms with Gasteiger partial charge in [0.15, 0.2) is 0 Å². The van der Waals surface area contributed by atoms with Crippen LogP contribution in [0.15, 0.2) is 0 Å². The number of hydrogen-bond donors (Lipinski definition) is 3. The zero-order valence-electron chi connectivity index (χ0n) is 11.9. The molecule has 0 bridgehead atoms. The summed E-state index contributed by atoms with van der Waals surface area (Å²) in [6.07, 6.45) is 3.81. The molecule has 4 N–H and O–H groups in total. The van der Waals surface area contributed by atoms with Gasteiger partial charge in [0.05, 0.1) is 0 Å². The van der Waals surface area contributed by atoms with Gasteiger partial charge in [-0.25, -0.2) is 0 Å². The van der Waals surface area contributed by atoms with E-state index in [9.17, 15) is 8.42 Å². The molecular formula is C12H27N3O2S. The second kappa shape index (κ2) is 5.45. The second-order valence-electron chi connectivity index (χ2n) is 6.64. The van der Waals surface area contributed by atoms with Gasteiger partial charge < -0.3 is 5.73 Å². The minimum Gasteiger partial charge on any atom is -0.329 e. The standard InChI is InChI=1S/C12H27N3O2S/c1-10-6-5-7-12(8-10,9-13)15-18(16,17)14-11(2,3)4/h10,14-15H,5-9,13H2,1-4H3. The third kappa shape index (κ3) is 4.84. The molecule has 0 amide bonds. The van der Waals surface area contributed by atoms with E-state index in [2.05, 4.69) is 16.4 Å². The Balaban J connectivity index is 2.79. The zero-order chi connectivity index (χ0) is 14.0. The third-order valence-electron chi connectivity index (χ3n) is 3.27. The van der Waals surface area contributed by atoms with E-state index in [0.717, 1.165) is 25.7 Å². The molecule has 0 aromatic heterocycles. The largest absolute Gasteiger partial charge is 0.329 e. The molecule has 0 radical (unpaired) electrons. The fraction of sp³-hybridized carbons (Fsp3) is 1.00. The lowest BCUT2D eigenvalue weighted by molar-refractivity contribution is 0.221. The molecular weight excluding hydrogens is 250 g/mol. The van der Waals surface area contributed by atoms with Gasteiger partial charge in [-0.3, -0.25) is 0 Å². The van der Waals surface area contributed by atoms with Crippen LogP contribution in [0, 0.1) is 5.92 Å². The van der Waals surface area contributed by atoms with Gasteiger partial charge in [-0.1, -0.05) is 19.8 Å². The van der Waals surface area contributed by atoms with Crippen LogP contribution in [0.25, 0.3) is 0 Å². The molecule has 2 atom stereocenters. The van der Waals surface area contributed by atoms with Crippen molar-refractivity contribution in [2.75, 3.05) is 6.54 Å². The summed E-state index contributed by atoms with van der Waals surface area (Å²) in [6.45, 7) is 7.97. The van der Waals surface area contributed by atoms with Crippen molar-refractivity contribution in [3.05, 3.63) is 0 Å². The van der Waals surface area contributed by atoms with E-state index in [0.29, 0.717) is 12.5 Å². The van der Waals surface area contributed by atoms with Crippen LogP contribution in [0.5, 0.6) is 0 Å². The second-order valence-corrected chi connectivity index (χ2v) is 8.06. The summed E-state index contributed by atoms with van der Waals surface area (Å²) in [7, 11) is -3.51. The predicted molar refractivity (Wildman–Crippen MR) is 74.4 cm³/mol. The van der Waals surface area contributed by atoms with Crippen LogP contribution < -0.4 is 15.2 Å². The Morgan fingerprint density at radius 2 is 2.00 bits per heavy atom. The van der Waals surface area contributed by atoms with Crippen LogP contribution in [-0.2, 0) is 10.2 Å². The average Bonchev–Trinajstić information content (AvgIpc) is 2.12. The topological polar surface area (TPSA) is 84.2 Å². The molecule has 18 heavy (non-hydrogen) atoms. The highest BCUT2D eigenvalue weighted by Gasteiger charge is 2.38. The van der Waals surface area contributed by atoms with Crippen LogP contribution in [0.1, 0.15) is 53.4 Å². The molecule has 108 valence electrons. The van der Waals surface area contributed by atoms with Crippen molar-refractivity contribution in [3.8, 4) is 0 Å². The van der Waals surface area contributed by atoms with E-state index in [1.165, 1.54) is 0 Å². The maximum Gasteiger partial charge on any atom is 0.277 e. The zero-order valence-corrected chi connectivity index (χ0v) is 12.7. The minimum absolute atomic E-state index is 0.350. The first-order chi connectivity index (χ1) is 8.08. The van der Waals surface area contributed by atoms with E-state index in [1.807, 2.05) is 20.8 Å². The molecule has 1 rings (SSSR count). The number of rotatable bonds is 4.